The maximum Gasteiger partial charge on any atom is 0.652 e. The fourth-order valence-corrected chi connectivity index (χ4v) is 3.49. The lowest BCUT2D eigenvalue weighted by atomic mass is 10.4. The number of fused-ring (bicyclic) bond motifs is 1. The Morgan fingerprint density at radius 1 is 0.923 bits per heavy atom. The summed E-state index contributed by atoms with van der Waals surface area (Å²) in [5.41, 5.74) is 0. The zero-order valence-corrected chi connectivity index (χ0v) is 7.45. The summed E-state index contributed by atoms with van der Waals surface area (Å²) in [6.45, 7) is 0. The van der Waals surface area contributed by atoms with Gasteiger partial charge in [0.1, 0.15) is 0 Å². The summed E-state index contributed by atoms with van der Waals surface area (Å²) in [5.74, 6) is -1.84. The van der Waals surface area contributed by atoms with Gasteiger partial charge < -0.3 is 13.6 Å². The van der Waals surface area contributed by atoms with Gasteiger partial charge in [0.2, 0.25) is 0 Å². The third-order valence-corrected chi connectivity index (χ3v) is 4.33. The Kier molecular flexibility index (Phi) is 0.766. The van der Waals surface area contributed by atoms with Crippen molar-refractivity contribution in [2.75, 3.05) is 0 Å². The molecule has 0 atom stereocenters. The predicted molar refractivity (Wildman–Crippen MR) is 31.5 cm³/mol. The van der Waals surface area contributed by atoms with Crippen molar-refractivity contribution >= 4 is 15.6 Å². The average molecular weight is 226 g/mol. The van der Waals surface area contributed by atoms with Crippen molar-refractivity contribution < 1.29 is 36.3 Å². The molecule has 0 spiro atoms. The van der Waals surface area contributed by atoms with Crippen molar-refractivity contribution in [1.29, 1.82) is 0 Å². The molecule has 6 heterocycles. The monoisotopic (exact) mass is 226 g/mol. The molecule has 0 unspecified atom stereocenters. The Labute approximate surface area is 70.5 Å². The summed E-state index contributed by atoms with van der Waals surface area (Å²) in [7, 11) is -6.72. The van der Waals surface area contributed by atoms with E-state index < -0.39 is 21.6 Å². The first-order valence-electron chi connectivity index (χ1n) is 3.19. The highest BCUT2D eigenvalue weighted by Crippen LogP contribution is 2.85. The lowest BCUT2D eigenvalue weighted by Gasteiger charge is -2.53. The number of hydrogen-bond donors (Lipinski definition) is 0. The van der Waals surface area contributed by atoms with Crippen molar-refractivity contribution in [3.63, 3.8) is 0 Å². The molecule has 0 N–H and O–H groups in total. The molecule has 10 heteroatoms. The lowest BCUT2D eigenvalue weighted by molar-refractivity contribution is -0.413. The maximum absolute atomic E-state index is 11.0. The Bertz CT molecular complexity index is 423. The predicted octanol–water partition coefficient (Wildman–Crippen LogP) is 1.18. The number of phosphoric ester groups is 2. The minimum Gasteiger partial charge on any atom is -0.374 e. The summed E-state index contributed by atoms with van der Waals surface area (Å²) in [6, 6.07) is 0. The smallest absolute Gasteiger partial charge is 0.374 e. The Morgan fingerprint density at radius 2 is 1.54 bits per heavy atom. The van der Waals surface area contributed by atoms with E-state index in [2.05, 4.69) is 22.6 Å². The second kappa shape index (κ2) is 1.45. The molecule has 0 radical (unpaired) electrons. The van der Waals surface area contributed by atoms with Crippen LogP contribution in [0, 0.1) is 0 Å². The molecule has 13 heavy (non-hydrogen) atoms. The summed E-state index contributed by atoms with van der Waals surface area (Å²) < 4.78 is 49.7. The van der Waals surface area contributed by atoms with Gasteiger partial charge in [-0.05, 0) is 0 Å². The van der Waals surface area contributed by atoms with Gasteiger partial charge in [-0.25, -0.2) is 18.1 Å². The van der Waals surface area contributed by atoms with E-state index >= 15 is 0 Å². The van der Waals surface area contributed by atoms with Crippen LogP contribution in [0.25, 0.3) is 0 Å². The SMILES string of the molecule is O=P12OC(=C(C34OP(=O)(O3)O4)O1)O2. The van der Waals surface area contributed by atoms with E-state index in [0.717, 1.165) is 0 Å². The van der Waals surface area contributed by atoms with Crippen LogP contribution in [-0.4, -0.2) is 5.97 Å². The zero-order chi connectivity index (χ0) is 8.90. The van der Waals surface area contributed by atoms with Crippen molar-refractivity contribution in [3.05, 3.63) is 11.7 Å². The van der Waals surface area contributed by atoms with Crippen LogP contribution in [0.5, 0.6) is 0 Å². The van der Waals surface area contributed by atoms with Gasteiger partial charge in [-0.2, -0.15) is 4.57 Å². The van der Waals surface area contributed by atoms with E-state index in [1.54, 1.807) is 0 Å². The van der Waals surface area contributed by atoms with Crippen LogP contribution in [0.4, 0.5) is 0 Å². The van der Waals surface area contributed by atoms with Crippen LogP contribution in [-0.2, 0) is 36.3 Å². The molecular formula is C3O8P2. The maximum atomic E-state index is 11.0. The molecule has 70 valence electrons. The van der Waals surface area contributed by atoms with Crippen molar-refractivity contribution in [2.45, 2.75) is 5.97 Å². The van der Waals surface area contributed by atoms with Gasteiger partial charge in [-0.15, -0.1) is 0 Å². The van der Waals surface area contributed by atoms with Crippen LogP contribution in [0.2, 0.25) is 0 Å². The Hall–Kier alpha value is -0.520. The summed E-state index contributed by atoms with van der Waals surface area (Å²) in [5, 5.41) is 0. The quantitative estimate of drug-likeness (QED) is 0.615. The first kappa shape index (κ1) is 6.86. The molecule has 0 saturated carbocycles. The molecule has 0 aromatic carbocycles. The summed E-state index contributed by atoms with van der Waals surface area (Å²) in [6.07, 6.45) is 0. The van der Waals surface area contributed by atoms with Crippen LogP contribution in [0.3, 0.4) is 0 Å². The standard InChI is InChI=1S/C3O8P2/c4-12-6-1(2(7-12)8-12)3-9-13(5,10-3)11-3. The first-order chi connectivity index (χ1) is 6.03. The third-order valence-electron chi connectivity index (χ3n) is 1.75. The van der Waals surface area contributed by atoms with E-state index in [0.29, 0.717) is 0 Å². The largest absolute Gasteiger partial charge is 0.652 e. The minimum atomic E-state index is -3.43. The molecule has 0 aromatic rings. The number of phosphoric acid groups is 2. The zero-order valence-electron chi connectivity index (χ0n) is 5.66. The van der Waals surface area contributed by atoms with E-state index in [4.69, 9.17) is 4.52 Å². The van der Waals surface area contributed by atoms with Crippen LogP contribution >= 0.6 is 15.6 Å². The van der Waals surface area contributed by atoms with Crippen LogP contribution in [0.1, 0.15) is 0 Å². The summed E-state index contributed by atoms with van der Waals surface area (Å²) in [4.78, 5) is 0. The van der Waals surface area contributed by atoms with E-state index in [1.165, 1.54) is 0 Å². The highest BCUT2D eigenvalue weighted by Gasteiger charge is 2.83. The van der Waals surface area contributed by atoms with Crippen LogP contribution in [0.15, 0.2) is 11.7 Å². The van der Waals surface area contributed by atoms with Gasteiger partial charge in [-0.1, -0.05) is 0 Å². The normalized spacial score (nSPS) is 52.0. The van der Waals surface area contributed by atoms with Crippen molar-refractivity contribution in [2.24, 2.45) is 0 Å². The highest BCUT2D eigenvalue weighted by molar-refractivity contribution is 7.52. The summed E-state index contributed by atoms with van der Waals surface area (Å²) >= 11 is 0. The van der Waals surface area contributed by atoms with Gasteiger partial charge in [0.15, 0.2) is 0 Å². The number of rotatable bonds is 1. The van der Waals surface area contributed by atoms with Gasteiger partial charge in [0, 0.05) is 0 Å². The molecule has 6 aliphatic heterocycles. The fraction of sp³-hybridized carbons (Fsp3) is 0.333. The second-order valence-corrected chi connectivity index (χ2v) is 5.50. The topological polar surface area (TPSA) is 89.5 Å². The Morgan fingerprint density at radius 3 is 1.92 bits per heavy atom. The molecule has 6 aliphatic rings. The number of hydrogen-bond acceptors (Lipinski definition) is 8. The first-order valence-corrected chi connectivity index (χ1v) is 6.11. The van der Waals surface area contributed by atoms with Crippen LogP contribution < -0.4 is 0 Å². The molecule has 0 aliphatic carbocycles. The van der Waals surface area contributed by atoms with E-state index in [9.17, 15) is 9.13 Å². The Balaban J connectivity index is 1.76. The van der Waals surface area contributed by atoms with Gasteiger partial charge >= 0.3 is 27.6 Å². The molecule has 8 nitrogen and oxygen atoms in total. The van der Waals surface area contributed by atoms with Crippen molar-refractivity contribution in [3.8, 4) is 0 Å². The van der Waals surface area contributed by atoms with Gasteiger partial charge in [0.05, 0.1) is 0 Å². The minimum absolute atomic E-state index is 0.103. The highest BCUT2D eigenvalue weighted by atomic mass is 31.2. The molecule has 4 bridgehead atoms. The third kappa shape index (κ3) is 0.572. The second-order valence-electron chi connectivity index (χ2n) is 2.61. The lowest BCUT2D eigenvalue weighted by Crippen LogP contribution is -2.58. The van der Waals surface area contributed by atoms with E-state index in [1.807, 2.05) is 0 Å². The average Bonchev–Trinajstić information content (AvgIpc) is 2.31. The molecule has 4 saturated heterocycles. The van der Waals surface area contributed by atoms with Gasteiger partial charge in [0.25, 0.3) is 5.76 Å². The molecule has 4 fully saturated rings. The molecule has 6 rings (SSSR count). The van der Waals surface area contributed by atoms with E-state index in [-0.39, 0.29) is 11.7 Å². The van der Waals surface area contributed by atoms with Crippen molar-refractivity contribution in [1.82, 2.24) is 0 Å². The molecular weight excluding hydrogens is 226 g/mol. The van der Waals surface area contributed by atoms with Gasteiger partial charge in [-0.3, -0.25) is 0 Å². The molecule has 0 amide bonds. The molecule has 0 aromatic heterocycles. The fourth-order valence-electron chi connectivity index (χ4n) is 1.25.